The summed E-state index contributed by atoms with van der Waals surface area (Å²) in [7, 11) is -0.440. The van der Waals surface area contributed by atoms with Gasteiger partial charge < -0.3 is 18.9 Å². The van der Waals surface area contributed by atoms with Gasteiger partial charge in [0.2, 0.25) is 0 Å². The van der Waals surface area contributed by atoms with Crippen molar-refractivity contribution >= 4 is 29.3 Å². The highest BCUT2D eigenvalue weighted by molar-refractivity contribution is 6.62. The molecule has 4 aromatic rings. The maximum atomic E-state index is 13.7. The third-order valence-corrected chi connectivity index (χ3v) is 8.84. The molecular weight excluding hydrogens is 499 g/mol. The molecule has 1 fully saturated rings. The van der Waals surface area contributed by atoms with E-state index in [0.29, 0.717) is 12.0 Å². The predicted octanol–water partition coefficient (Wildman–Crippen LogP) is 5.98. The number of benzene rings is 2. The van der Waals surface area contributed by atoms with E-state index in [9.17, 15) is 9.59 Å². The lowest BCUT2D eigenvalue weighted by Crippen LogP contribution is -2.41. The summed E-state index contributed by atoms with van der Waals surface area (Å²) in [6.45, 7) is 16.2. The Morgan fingerprint density at radius 2 is 1.65 bits per heavy atom. The lowest BCUT2D eigenvalue weighted by Gasteiger charge is -2.32. The Hall–Kier alpha value is -3.42. The quantitative estimate of drug-likeness (QED) is 0.232. The molecule has 1 unspecified atom stereocenters. The molecule has 0 radical (unpaired) electrons. The maximum absolute atomic E-state index is 13.7. The normalized spacial score (nSPS) is 16.9. The number of pyridine rings is 1. The van der Waals surface area contributed by atoms with Crippen LogP contribution in [0.3, 0.4) is 0 Å². The average Bonchev–Trinajstić information content (AvgIpc) is 3.30. The lowest BCUT2D eigenvalue weighted by molar-refractivity contribution is 0.00578. The Morgan fingerprint density at radius 3 is 2.33 bits per heavy atom. The van der Waals surface area contributed by atoms with Gasteiger partial charge in [0, 0.05) is 39.8 Å². The van der Waals surface area contributed by atoms with Crippen LogP contribution in [0.2, 0.25) is 0 Å². The van der Waals surface area contributed by atoms with Gasteiger partial charge >= 0.3 is 7.12 Å². The number of nitrogens with zero attached hydrogens (tertiary/aromatic N) is 1. The van der Waals surface area contributed by atoms with Crippen molar-refractivity contribution < 1.29 is 14.1 Å². The number of Topliss-reactive ketones (excluding diaryl/α,β-unsaturated/α-hetero) is 1. The van der Waals surface area contributed by atoms with Crippen molar-refractivity contribution in [3.8, 4) is 0 Å². The zero-order valence-corrected chi connectivity index (χ0v) is 24.8. The van der Waals surface area contributed by atoms with E-state index >= 15 is 0 Å². The number of rotatable bonds is 7. The molecular formula is C33H39BN2O4. The molecule has 0 bridgehead atoms. The van der Waals surface area contributed by atoms with Crippen molar-refractivity contribution in [2.45, 2.75) is 85.5 Å². The van der Waals surface area contributed by atoms with Crippen LogP contribution in [0.4, 0.5) is 0 Å². The van der Waals surface area contributed by atoms with E-state index in [4.69, 9.17) is 9.31 Å². The summed E-state index contributed by atoms with van der Waals surface area (Å²) in [6.07, 6.45) is 0.679. The second-order valence-corrected chi connectivity index (χ2v) is 12.1. The van der Waals surface area contributed by atoms with E-state index in [1.807, 2.05) is 57.2 Å². The Balaban J connectivity index is 1.48. The van der Waals surface area contributed by atoms with Crippen LogP contribution in [0.5, 0.6) is 0 Å². The Bertz CT molecular complexity index is 1650. The van der Waals surface area contributed by atoms with Crippen molar-refractivity contribution in [3.05, 3.63) is 98.6 Å². The highest BCUT2D eigenvalue weighted by Crippen LogP contribution is 2.37. The molecule has 1 atom stereocenters. The minimum atomic E-state index is -0.440. The number of hydrogen-bond donors (Lipinski definition) is 1. The molecule has 3 heterocycles. The molecule has 7 heteroatoms. The Morgan fingerprint density at radius 1 is 0.975 bits per heavy atom. The van der Waals surface area contributed by atoms with Gasteiger partial charge in [0.15, 0.2) is 5.78 Å². The van der Waals surface area contributed by atoms with Gasteiger partial charge in [-0.1, -0.05) is 42.5 Å². The number of fused-ring (bicyclic) bond motifs is 1. The van der Waals surface area contributed by atoms with Gasteiger partial charge in [-0.15, -0.1) is 0 Å². The summed E-state index contributed by atoms with van der Waals surface area (Å²) in [4.78, 5) is 29.1. The molecule has 0 amide bonds. The SMILES string of the molecule is Cc1cc(C)c(CCC(=O)c2c(C)n(C(C)c3cccc(B4OC(C)(C)C(C)(C)O4)c3)c3ccccc23)c(=O)[nH]1. The van der Waals surface area contributed by atoms with Crippen LogP contribution < -0.4 is 11.0 Å². The number of hydrogen-bond acceptors (Lipinski definition) is 4. The maximum Gasteiger partial charge on any atom is 0.494 e. The highest BCUT2D eigenvalue weighted by atomic mass is 16.7. The van der Waals surface area contributed by atoms with E-state index in [1.54, 1.807) is 0 Å². The van der Waals surface area contributed by atoms with Gasteiger partial charge in [-0.25, -0.2) is 0 Å². The molecule has 5 rings (SSSR count). The summed E-state index contributed by atoms with van der Waals surface area (Å²) >= 11 is 0. The van der Waals surface area contributed by atoms with Crippen molar-refractivity contribution in [1.29, 1.82) is 0 Å². The van der Waals surface area contributed by atoms with E-state index in [0.717, 1.165) is 44.4 Å². The molecule has 6 nitrogen and oxygen atoms in total. The molecule has 1 aliphatic heterocycles. The van der Waals surface area contributed by atoms with E-state index in [1.165, 1.54) is 0 Å². The number of ketones is 1. The second kappa shape index (κ2) is 10.2. The van der Waals surface area contributed by atoms with Crippen molar-refractivity contribution in [2.75, 3.05) is 0 Å². The first-order chi connectivity index (χ1) is 18.8. The monoisotopic (exact) mass is 538 g/mol. The van der Waals surface area contributed by atoms with Crippen molar-refractivity contribution in [2.24, 2.45) is 0 Å². The van der Waals surface area contributed by atoms with E-state index in [2.05, 4.69) is 62.4 Å². The Kier molecular flexibility index (Phi) is 7.18. The smallest absolute Gasteiger partial charge is 0.399 e. The van der Waals surface area contributed by atoms with E-state index in [-0.39, 0.29) is 23.8 Å². The molecule has 40 heavy (non-hydrogen) atoms. The van der Waals surface area contributed by atoms with E-state index < -0.39 is 18.3 Å². The second-order valence-electron chi connectivity index (χ2n) is 12.1. The van der Waals surface area contributed by atoms with Crippen molar-refractivity contribution in [3.63, 3.8) is 0 Å². The molecule has 1 saturated heterocycles. The standard InChI is InChI=1S/C33H39BN2O4/c1-20-18-21(2)35-31(38)26(20)16-17-29(37)30-23(4)36(28-15-10-9-14-27(28)30)22(3)24-12-11-13-25(19-24)34-39-32(5,6)33(7,8)40-34/h9-15,18-19,22H,16-17H2,1-8H3,(H,35,38). The summed E-state index contributed by atoms with van der Waals surface area (Å²) in [5.74, 6) is 0.0463. The first-order valence-electron chi connectivity index (χ1n) is 14.1. The number of aryl methyl sites for hydroxylation is 2. The van der Waals surface area contributed by atoms with Crippen LogP contribution in [-0.4, -0.2) is 33.7 Å². The lowest BCUT2D eigenvalue weighted by atomic mass is 9.78. The van der Waals surface area contributed by atoms with Gasteiger partial charge in [0.1, 0.15) is 0 Å². The number of aromatic nitrogens is 2. The zero-order chi connectivity index (χ0) is 29.0. The third kappa shape index (κ3) is 4.86. The molecule has 1 aliphatic rings. The number of carbonyl (C=O) groups excluding carboxylic acids is 1. The predicted molar refractivity (Wildman–Crippen MR) is 162 cm³/mol. The first-order valence-corrected chi connectivity index (χ1v) is 14.1. The minimum absolute atomic E-state index is 0.0315. The number of nitrogens with one attached hydrogen (secondary N) is 1. The summed E-state index contributed by atoms with van der Waals surface area (Å²) < 4.78 is 14.9. The molecule has 2 aromatic carbocycles. The van der Waals surface area contributed by atoms with Crippen LogP contribution >= 0.6 is 0 Å². The summed E-state index contributed by atoms with van der Waals surface area (Å²) in [5.41, 5.74) is 6.24. The van der Waals surface area contributed by atoms with Crippen molar-refractivity contribution in [1.82, 2.24) is 9.55 Å². The number of carbonyl (C=O) groups is 1. The van der Waals surface area contributed by atoms with Gasteiger partial charge in [-0.2, -0.15) is 0 Å². The van der Waals surface area contributed by atoms with Gasteiger partial charge in [0.05, 0.1) is 17.2 Å². The van der Waals surface area contributed by atoms with Gasteiger partial charge in [0.25, 0.3) is 5.56 Å². The van der Waals surface area contributed by atoms with Crippen LogP contribution in [0.1, 0.15) is 85.5 Å². The summed E-state index contributed by atoms with van der Waals surface area (Å²) in [5, 5.41) is 0.938. The topological polar surface area (TPSA) is 73.3 Å². The minimum Gasteiger partial charge on any atom is -0.399 e. The van der Waals surface area contributed by atoms with Gasteiger partial charge in [-0.3, -0.25) is 9.59 Å². The number of aromatic amines is 1. The van der Waals surface area contributed by atoms with Crippen LogP contribution in [0.15, 0.2) is 59.4 Å². The molecule has 0 aliphatic carbocycles. The fraction of sp³-hybridized carbons (Fsp3) is 0.394. The largest absolute Gasteiger partial charge is 0.494 e. The molecule has 2 aromatic heterocycles. The molecule has 0 spiro atoms. The number of para-hydroxylation sites is 1. The zero-order valence-electron chi connectivity index (χ0n) is 24.8. The first kappa shape index (κ1) is 28.1. The average molecular weight is 538 g/mol. The van der Waals surface area contributed by atoms with Crippen LogP contribution in [-0.2, 0) is 15.7 Å². The van der Waals surface area contributed by atoms with Crippen LogP contribution in [0, 0.1) is 20.8 Å². The third-order valence-electron chi connectivity index (χ3n) is 8.84. The van der Waals surface area contributed by atoms with Gasteiger partial charge in [-0.05, 0) is 90.5 Å². The molecule has 0 saturated carbocycles. The summed E-state index contributed by atoms with van der Waals surface area (Å²) in [6, 6.07) is 18.3. The Labute approximate surface area is 236 Å². The number of H-pyrrole nitrogens is 1. The fourth-order valence-corrected chi connectivity index (χ4v) is 5.89. The molecule has 1 N–H and O–H groups in total. The fourth-order valence-electron chi connectivity index (χ4n) is 5.89. The molecule has 208 valence electrons. The highest BCUT2D eigenvalue weighted by Gasteiger charge is 2.51. The van der Waals surface area contributed by atoms with Crippen LogP contribution in [0.25, 0.3) is 10.9 Å².